The number of furan rings is 1. The SMILES string of the molecule is Clc1nnc(CSCc2ccco2)s1. The number of hydrogen-bond acceptors (Lipinski definition) is 5. The summed E-state index contributed by atoms with van der Waals surface area (Å²) in [5, 5.41) is 8.60. The van der Waals surface area contributed by atoms with Crippen molar-refractivity contribution in [2.24, 2.45) is 0 Å². The van der Waals surface area contributed by atoms with E-state index < -0.39 is 0 Å². The summed E-state index contributed by atoms with van der Waals surface area (Å²) in [5.74, 6) is 2.65. The molecule has 14 heavy (non-hydrogen) atoms. The van der Waals surface area contributed by atoms with Gasteiger partial charge >= 0.3 is 0 Å². The first-order valence-electron chi connectivity index (χ1n) is 3.92. The van der Waals surface area contributed by atoms with E-state index in [2.05, 4.69) is 10.2 Å². The normalized spacial score (nSPS) is 10.6. The Kier molecular flexibility index (Phi) is 3.44. The maximum Gasteiger partial charge on any atom is 0.207 e. The van der Waals surface area contributed by atoms with Crippen molar-refractivity contribution in [3.8, 4) is 0 Å². The first kappa shape index (κ1) is 10.0. The fourth-order valence-electron chi connectivity index (χ4n) is 0.925. The second-order valence-electron chi connectivity index (χ2n) is 2.52. The van der Waals surface area contributed by atoms with Crippen molar-refractivity contribution in [3.05, 3.63) is 33.6 Å². The zero-order chi connectivity index (χ0) is 9.80. The minimum Gasteiger partial charge on any atom is -0.468 e. The van der Waals surface area contributed by atoms with Crippen LogP contribution in [-0.4, -0.2) is 10.2 Å². The highest BCUT2D eigenvalue weighted by molar-refractivity contribution is 7.97. The summed E-state index contributed by atoms with van der Waals surface area (Å²) < 4.78 is 5.70. The van der Waals surface area contributed by atoms with Gasteiger partial charge in [0.05, 0.1) is 12.0 Å². The molecule has 0 aliphatic carbocycles. The quantitative estimate of drug-likeness (QED) is 0.830. The first-order valence-corrected chi connectivity index (χ1v) is 6.27. The van der Waals surface area contributed by atoms with E-state index in [-0.39, 0.29) is 0 Å². The summed E-state index contributed by atoms with van der Waals surface area (Å²) in [5.41, 5.74) is 0. The highest BCUT2D eigenvalue weighted by atomic mass is 35.5. The number of thioether (sulfide) groups is 1. The molecule has 0 bridgehead atoms. The van der Waals surface area contributed by atoms with Crippen molar-refractivity contribution in [3.63, 3.8) is 0 Å². The van der Waals surface area contributed by atoms with E-state index in [1.54, 1.807) is 18.0 Å². The first-order chi connectivity index (χ1) is 6.84. The molecule has 2 aromatic rings. The highest BCUT2D eigenvalue weighted by Gasteiger charge is 2.02. The van der Waals surface area contributed by atoms with Crippen molar-refractivity contribution < 1.29 is 4.42 Å². The molecule has 74 valence electrons. The van der Waals surface area contributed by atoms with Gasteiger partial charge in [-0.2, -0.15) is 0 Å². The Bertz CT molecular complexity index is 388. The Morgan fingerprint density at radius 1 is 1.43 bits per heavy atom. The molecule has 0 aromatic carbocycles. The fourth-order valence-corrected chi connectivity index (χ4v) is 2.77. The van der Waals surface area contributed by atoms with Gasteiger partial charge in [-0.15, -0.1) is 22.0 Å². The van der Waals surface area contributed by atoms with Crippen molar-refractivity contribution in [1.82, 2.24) is 10.2 Å². The van der Waals surface area contributed by atoms with E-state index in [0.29, 0.717) is 4.47 Å². The van der Waals surface area contributed by atoms with Crippen LogP contribution in [0.4, 0.5) is 0 Å². The highest BCUT2D eigenvalue weighted by Crippen LogP contribution is 2.22. The molecule has 0 saturated heterocycles. The number of halogens is 1. The number of aromatic nitrogens is 2. The summed E-state index contributed by atoms with van der Waals surface area (Å²) in [6, 6.07) is 3.85. The molecular formula is C8H7ClN2OS2. The van der Waals surface area contributed by atoms with Crippen LogP contribution in [0.15, 0.2) is 22.8 Å². The molecule has 6 heteroatoms. The van der Waals surface area contributed by atoms with Crippen LogP contribution in [0.5, 0.6) is 0 Å². The average molecular weight is 247 g/mol. The molecular weight excluding hydrogens is 240 g/mol. The smallest absolute Gasteiger partial charge is 0.207 e. The zero-order valence-corrected chi connectivity index (χ0v) is 9.53. The standard InChI is InChI=1S/C8H7ClN2OS2/c9-8-11-10-7(14-8)5-13-4-6-2-1-3-12-6/h1-3H,4-5H2. The molecule has 2 rings (SSSR count). The second-order valence-corrected chi connectivity index (χ2v) is 5.15. The number of rotatable bonds is 4. The predicted octanol–water partition coefficient (Wildman–Crippen LogP) is 3.22. The Labute approximate surface area is 94.5 Å². The monoisotopic (exact) mass is 246 g/mol. The van der Waals surface area contributed by atoms with Gasteiger partial charge in [0.25, 0.3) is 0 Å². The van der Waals surface area contributed by atoms with Crippen LogP contribution in [-0.2, 0) is 11.5 Å². The molecule has 0 atom stereocenters. The van der Waals surface area contributed by atoms with E-state index >= 15 is 0 Å². The molecule has 2 heterocycles. The van der Waals surface area contributed by atoms with E-state index in [1.807, 2.05) is 12.1 Å². The Hall–Kier alpha value is -0.520. The molecule has 0 aliphatic heterocycles. The lowest BCUT2D eigenvalue weighted by molar-refractivity contribution is 0.530. The molecule has 3 nitrogen and oxygen atoms in total. The molecule has 0 aliphatic rings. The lowest BCUT2D eigenvalue weighted by Gasteiger charge is -1.93. The molecule has 0 fully saturated rings. The Morgan fingerprint density at radius 2 is 2.36 bits per heavy atom. The minimum absolute atomic E-state index is 0.499. The van der Waals surface area contributed by atoms with E-state index in [9.17, 15) is 0 Å². The third-order valence-corrected chi connectivity index (χ3v) is 3.66. The Morgan fingerprint density at radius 3 is 3.00 bits per heavy atom. The van der Waals surface area contributed by atoms with Crippen LogP contribution < -0.4 is 0 Å². The molecule has 0 N–H and O–H groups in total. The largest absolute Gasteiger partial charge is 0.468 e. The summed E-state index contributed by atoms with van der Waals surface area (Å²) in [6.45, 7) is 0. The van der Waals surface area contributed by atoms with Gasteiger partial charge in [0.15, 0.2) is 0 Å². The summed E-state index contributed by atoms with van der Waals surface area (Å²) in [6.07, 6.45) is 1.68. The molecule has 0 spiro atoms. The van der Waals surface area contributed by atoms with Crippen LogP contribution in [0.2, 0.25) is 4.47 Å². The third kappa shape index (κ3) is 2.73. The van der Waals surface area contributed by atoms with E-state index in [0.717, 1.165) is 22.3 Å². The third-order valence-electron chi connectivity index (χ3n) is 1.49. The summed E-state index contributed by atoms with van der Waals surface area (Å²) >= 11 is 8.81. The van der Waals surface area contributed by atoms with Crippen molar-refractivity contribution >= 4 is 34.7 Å². The van der Waals surface area contributed by atoms with Gasteiger partial charge in [0.2, 0.25) is 4.47 Å². The molecule has 0 amide bonds. The van der Waals surface area contributed by atoms with Crippen LogP contribution in [0.1, 0.15) is 10.8 Å². The number of nitrogens with zero attached hydrogens (tertiary/aromatic N) is 2. The molecule has 2 aromatic heterocycles. The van der Waals surface area contributed by atoms with Gasteiger partial charge in [0.1, 0.15) is 10.8 Å². The van der Waals surface area contributed by atoms with Gasteiger partial charge in [-0.3, -0.25) is 0 Å². The minimum atomic E-state index is 0.499. The Balaban J connectivity index is 1.78. The van der Waals surface area contributed by atoms with E-state index in [4.69, 9.17) is 16.0 Å². The van der Waals surface area contributed by atoms with E-state index in [1.165, 1.54) is 11.3 Å². The lowest BCUT2D eigenvalue weighted by atomic mass is 10.5. The topological polar surface area (TPSA) is 38.9 Å². The molecule has 0 unspecified atom stereocenters. The van der Waals surface area contributed by atoms with Gasteiger partial charge < -0.3 is 4.42 Å². The fraction of sp³-hybridized carbons (Fsp3) is 0.250. The maximum atomic E-state index is 5.66. The van der Waals surface area contributed by atoms with Gasteiger partial charge in [-0.25, -0.2) is 0 Å². The van der Waals surface area contributed by atoms with Crippen molar-refractivity contribution in [1.29, 1.82) is 0 Å². The van der Waals surface area contributed by atoms with Crippen LogP contribution in [0, 0.1) is 0 Å². The van der Waals surface area contributed by atoms with Crippen LogP contribution in [0.25, 0.3) is 0 Å². The summed E-state index contributed by atoms with van der Waals surface area (Å²) in [7, 11) is 0. The summed E-state index contributed by atoms with van der Waals surface area (Å²) in [4.78, 5) is 0. The maximum absolute atomic E-state index is 5.66. The van der Waals surface area contributed by atoms with Gasteiger partial charge in [0, 0.05) is 5.75 Å². The van der Waals surface area contributed by atoms with Crippen LogP contribution >= 0.6 is 34.7 Å². The second kappa shape index (κ2) is 4.82. The number of hydrogen-bond donors (Lipinski definition) is 0. The van der Waals surface area contributed by atoms with Crippen molar-refractivity contribution in [2.75, 3.05) is 0 Å². The molecule has 0 radical (unpaired) electrons. The lowest BCUT2D eigenvalue weighted by Crippen LogP contribution is -1.80. The average Bonchev–Trinajstić information content (AvgIpc) is 2.77. The predicted molar refractivity (Wildman–Crippen MR) is 58.6 cm³/mol. The van der Waals surface area contributed by atoms with Crippen molar-refractivity contribution in [2.45, 2.75) is 11.5 Å². The van der Waals surface area contributed by atoms with Crippen LogP contribution in [0.3, 0.4) is 0 Å². The van der Waals surface area contributed by atoms with Gasteiger partial charge in [-0.1, -0.05) is 11.3 Å². The molecule has 0 saturated carbocycles. The zero-order valence-electron chi connectivity index (χ0n) is 7.14. The van der Waals surface area contributed by atoms with Gasteiger partial charge in [-0.05, 0) is 23.7 Å².